The Morgan fingerprint density at radius 2 is 1.19 bits per heavy atom. The molecule has 33 heteroatoms. The van der Waals surface area contributed by atoms with Crippen molar-refractivity contribution in [1.29, 1.82) is 0 Å². The Kier molecular flexibility index (Phi) is 37.7. The van der Waals surface area contributed by atoms with Gasteiger partial charge < -0.3 is 95.7 Å². The SMILES string of the molecule is C/C=C1\NC(=O)[C@H](Cc2ccccc2)NC(=O)[C@@H](C(C)C)NC(=O)[C@@H]([C@H](C)CC)NC(=O)[C@H](NC(=O)[C@H](NC(=O)[C@H](CCCN)NC(=O)[C@H]2CCCN2C(=O)[C@H](NC(=O)[C@@H](NC(=O)[C@@H](NC(=O)[C@H](NC(=O)CCCN=C(N)N)C(C)C)[C@@H](C)O)C(C)C)C(C)C)[C@H](C)CC)[C@H](C)OC(=O)[C@H](C(C)C)NC1=O. The highest BCUT2D eigenvalue weighted by molar-refractivity contribution is 6.03. The number of nitrogens with zero attached hydrogens (tertiary/aromatic N) is 2. The van der Waals surface area contributed by atoms with Gasteiger partial charge in [0, 0.05) is 25.9 Å². The molecule has 2 aliphatic rings. The summed E-state index contributed by atoms with van der Waals surface area (Å²) in [5.41, 5.74) is 17.1. The third kappa shape index (κ3) is 27.6. The number of aliphatic hydroxyl groups is 1. The molecule has 1 aromatic rings. The number of cyclic esters (lactones) is 1. The number of nitrogens with two attached hydrogens (primary N) is 3. The first-order chi connectivity index (χ1) is 49.7. The minimum atomic E-state index is -1.83. The third-order valence-electron chi connectivity index (χ3n) is 18.9. The second-order valence-corrected chi connectivity index (χ2v) is 29.3. The number of allylic oxidation sites excluding steroid dienone is 1. The van der Waals surface area contributed by atoms with Crippen molar-refractivity contribution in [2.24, 2.45) is 63.6 Å². The molecule has 0 saturated carbocycles. The summed E-state index contributed by atoms with van der Waals surface area (Å²) in [6.07, 6.45) is -0.437. The van der Waals surface area contributed by atoms with Gasteiger partial charge in [0.2, 0.25) is 70.9 Å². The standard InChI is InChI=1S/C73H121N17O16/c1-18-41(14)56(68(101)89-59-44(17)106-72(105)55(40(12)13)85-60(93)46(20-3)78-62(95)48(35-45-27-22-21-23-28-45)80-64(97)52(37(6)7)82-67(100)57(42(15)19-2)87-70(59)103)86-61(94)47(29-24-32-74)79-63(96)49-30-26-34-90(49)71(104)54(39(10)11)84-66(99)53(38(8)9)83-69(102)58(43(16)91)88-65(98)51(36(4)5)81-50(92)31-25-33-77-73(75)76/h20-23,27-28,36-44,47-49,51-59,91H,18-19,24-26,29-35,74H2,1-17H3,(H,78,95)(H,79,96)(H,80,97)(H,81,92)(H,82,100)(H,83,102)(H,84,99)(H,85,93)(H,86,94)(H,87,103)(H,88,98)(H,89,101)(H4,75,76,77)/b46-20-/t41-,42-,43-,44+,47+,48+,49-,51-,52-,53+,54-,55+,56-,57-,58+,59-/m1/s1. The maximum Gasteiger partial charge on any atom is 0.329 e. The van der Waals surface area contributed by atoms with Crippen molar-refractivity contribution in [2.75, 3.05) is 19.6 Å². The summed E-state index contributed by atoms with van der Waals surface area (Å²) in [7, 11) is 0. The fourth-order valence-corrected chi connectivity index (χ4v) is 11.9. The molecule has 0 spiro atoms. The molecule has 2 heterocycles. The van der Waals surface area contributed by atoms with Gasteiger partial charge in [0.15, 0.2) is 5.96 Å². The lowest BCUT2D eigenvalue weighted by Crippen LogP contribution is -2.64. The number of rotatable bonds is 33. The maximum atomic E-state index is 15.0. The highest BCUT2D eigenvalue weighted by atomic mass is 16.5. The van der Waals surface area contributed by atoms with E-state index in [1.165, 1.54) is 31.7 Å². The molecule has 16 atom stereocenters. The van der Waals surface area contributed by atoms with Crippen molar-refractivity contribution in [3.63, 3.8) is 0 Å². The van der Waals surface area contributed by atoms with E-state index >= 15 is 9.59 Å². The van der Waals surface area contributed by atoms with E-state index in [4.69, 9.17) is 21.9 Å². The summed E-state index contributed by atoms with van der Waals surface area (Å²) in [5.74, 6) is -16.1. The van der Waals surface area contributed by atoms with Crippen LogP contribution in [-0.4, -0.2) is 203 Å². The molecule has 594 valence electrons. The maximum absolute atomic E-state index is 15.0. The zero-order valence-corrected chi connectivity index (χ0v) is 64.8. The van der Waals surface area contributed by atoms with E-state index in [-0.39, 0.29) is 76.2 Å². The van der Waals surface area contributed by atoms with E-state index in [0.717, 1.165) is 0 Å². The van der Waals surface area contributed by atoms with Gasteiger partial charge in [-0.2, -0.15) is 0 Å². The number of aliphatic imine (C=N–C) groups is 1. The molecule has 1 aromatic carbocycles. The minimum Gasteiger partial charge on any atom is -0.458 e. The van der Waals surface area contributed by atoms with Crippen molar-refractivity contribution in [3.05, 3.63) is 47.7 Å². The highest BCUT2D eigenvalue weighted by Gasteiger charge is 2.44. The van der Waals surface area contributed by atoms with Crippen molar-refractivity contribution in [1.82, 2.24) is 68.7 Å². The van der Waals surface area contributed by atoms with Gasteiger partial charge in [0.05, 0.1) is 6.10 Å². The van der Waals surface area contributed by atoms with Gasteiger partial charge in [-0.1, -0.05) is 146 Å². The zero-order valence-electron chi connectivity index (χ0n) is 64.8. The molecule has 3 rings (SSSR count). The summed E-state index contributed by atoms with van der Waals surface area (Å²) in [6, 6.07) is -7.92. The summed E-state index contributed by atoms with van der Waals surface area (Å²) < 4.78 is 5.96. The number of carbonyl (C=O) groups is 14. The fraction of sp³-hybridized carbons (Fsp3) is 0.685. The van der Waals surface area contributed by atoms with Crippen LogP contribution in [0.25, 0.3) is 0 Å². The number of ether oxygens (including phenoxy) is 1. The van der Waals surface area contributed by atoms with Crippen LogP contribution in [0.1, 0.15) is 175 Å². The Morgan fingerprint density at radius 3 is 1.73 bits per heavy atom. The Balaban J connectivity index is 1.99. The largest absolute Gasteiger partial charge is 0.458 e. The molecule has 0 aromatic heterocycles. The van der Waals surface area contributed by atoms with Gasteiger partial charge in [-0.05, 0) is 106 Å². The number of benzene rings is 1. The van der Waals surface area contributed by atoms with Crippen molar-refractivity contribution >= 4 is 88.7 Å². The van der Waals surface area contributed by atoms with Gasteiger partial charge in [0.1, 0.15) is 84.3 Å². The normalized spacial score (nSPS) is 22.3. The Bertz CT molecular complexity index is 3250. The average molecular weight is 1490 g/mol. The van der Waals surface area contributed by atoms with Gasteiger partial charge in [-0.25, -0.2) is 4.79 Å². The predicted octanol–water partition coefficient (Wildman–Crippen LogP) is -0.936. The first kappa shape index (κ1) is 90.9. The Labute approximate surface area is 623 Å². The monoisotopic (exact) mass is 1490 g/mol. The number of hydrogen-bond donors (Lipinski definition) is 16. The second kappa shape index (κ2) is 44.0. The lowest BCUT2D eigenvalue weighted by molar-refractivity contribution is -0.157. The topological polar surface area (TPSA) is 506 Å². The number of hydrogen-bond acceptors (Lipinski definition) is 18. The van der Waals surface area contributed by atoms with Crippen LogP contribution in [0.15, 0.2) is 47.1 Å². The lowest BCUT2D eigenvalue weighted by Gasteiger charge is -2.33. The molecule has 13 amide bonds. The first-order valence-corrected chi connectivity index (χ1v) is 37.0. The first-order valence-electron chi connectivity index (χ1n) is 37.0. The van der Waals surface area contributed by atoms with E-state index in [1.54, 1.807) is 127 Å². The van der Waals surface area contributed by atoms with E-state index in [0.29, 0.717) is 18.4 Å². The molecular formula is C73H121N17O16. The van der Waals surface area contributed by atoms with Crippen molar-refractivity contribution < 1.29 is 77.0 Å². The summed E-state index contributed by atoms with van der Waals surface area (Å²) >= 11 is 0. The molecule has 106 heavy (non-hydrogen) atoms. The fourth-order valence-electron chi connectivity index (χ4n) is 11.9. The molecule has 2 fully saturated rings. The molecule has 0 bridgehead atoms. The highest BCUT2D eigenvalue weighted by Crippen LogP contribution is 2.23. The Morgan fingerprint density at radius 1 is 0.642 bits per heavy atom. The van der Waals surface area contributed by atoms with E-state index < -0.39 is 209 Å². The summed E-state index contributed by atoms with van der Waals surface area (Å²) in [6.45, 7) is 27.6. The van der Waals surface area contributed by atoms with Crippen LogP contribution < -0.4 is 81.0 Å². The van der Waals surface area contributed by atoms with Crippen LogP contribution in [0.2, 0.25) is 0 Å². The number of carbonyl (C=O) groups excluding carboxylic acids is 14. The van der Waals surface area contributed by atoms with Crippen LogP contribution in [0.3, 0.4) is 0 Å². The van der Waals surface area contributed by atoms with E-state index in [1.807, 2.05) is 0 Å². The molecule has 2 aliphatic heterocycles. The number of nitrogens with one attached hydrogen (secondary N) is 12. The number of esters is 1. The lowest BCUT2D eigenvalue weighted by atomic mass is 9.95. The molecule has 19 N–H and O–H groups in total. The Hall–Kier alpha value is -9.27. The number of amides is 13. The number of likely N-dealkylation sites (tertiary alicyclic amines) is 1. The van der Waals surface area contributed by atoms with Crippen LogP contribution in [0.4, 0.5) is 0 Å². The quantitative estimate of drug-likeness (QED) is 0.0133. The molecule has 33 nitrogen and oxygen atoms in total. The molecule has 0 aliphatic carbocycles. The number of aliphatic hydroxyl groups excluding tert-OH is 1. The molecular weight excluding hydrogens is 1370 g/mol. The van der Waals surface area contributed by atoms with Gasteiger partial charge in [-0.3, -0.25) is 67.3 Å². The molecule has 0 unspecified atom stereocenters. The molecule has 2 saturated heterocycles. The van der Waals surface area contributed by atoms with Crippen LogP contribution in [0, 0.1) is 41.4 Å². The van der Waals surface area contributed by atoms with E-state index in [2.05, 4.69) is 68.8 Å². The van der Waals surface area contributed by atoms with Crippen LogP contribution >= 0.6 is 0 Å². The summed E-state index contributed by atoms with van der Waals surface area (Å²) in [5, 5.41) is 42.9. The predicted molar refractivity (Wildman–Crippen MR) is 397 cm³/mol. The van der Waals surface area contributed by atoms with Crippen LogP contribution in [-0.2, 0) is 78.3 Å². The van der Waals surface area contributed by atoms with Crippen molar-refractivity contribution in [3.8, 4) is 0 Å². The van der Waals surface area contributed by atoms with Gasteiger partial charge in [0.25, 0.3) is 5.91 Å². The zero-order chi connectivity index (χ0) is 80.1. The van der Waals surface area contributed by atoms with Gasteiger partial charge >= 0.3 is 5.97 Å². The molecule has 0 radical (unpaired) electrons. The number of guanidine groups is 1. The van der Waals surface area contributed by atoms with Crippen LogP contribution in [0.5, 0.6) is 0 Å². The second-order valence-electron chi connectivity index (χ2n) is 29.3. The van der Waals surface area contributed by atoms with Gasteiger partial charge in [-0.15, -0.1) is 0 Å². The smallest absolute Gasteiger partial charge is 0.329 e. The minimum absolute atomic E-state index is 0.0215. The average Bonchev–Trinajstić information content (AvgIpc) is 1.44. The third-order valence-corrected chi connectivity index (χ3v) is 18.9. The van der Waals surface area contributed by atoms with Crippen molar-refractivity contribution in [2.45, 2.75) is 260 Å². The summed E-state index contributed by atoms with van der Waals surface area (Å²) in [4.78, 5) is 206. The van der Waals surface area contributed by atoms with E-state index in [9.17, 15) is 62.6 Å².